The van der Waals surface area contributed by atoms with Gasteiger partial charge in [-0.25, -0.2) is 13.8 Å². The minimum absolute atomic E-state index is 0.0376. The lowest BCUT2D eigenvalue weighted by molar-refractivity contribution is 0.0170. The van der Waals surface area contributed by atoms with Gasteiger partial charge >= 0.3 is 0 Å². The van der Waals surface area contributed by atoms with E-state index in [-0.39, 0.29) is 5.56 Å². The maximum absolute atomic E-state index is 13.2. The molecule has 2 aromatic rings. The van der Waals surface area contributed by atoms with Crippen molar-refractivity contribution in [3.8, 4) is 0 Å². The van der Waals surface area contributed by atoms with Crippen LogP contribution in [0.5, 0.6) is 0 Å². The number of hydrogen-bond acceptors (Lipinski definition) is 4. The molecule has 0 bridgehead atoms. The Kier molecular flexibility index (Phi) is 6.95. The van der Waals surface area contributed by atoms with Gasteiger partial charge in [-0.1, -0.05) is 17.7 Å². The molecular weight excluding hydrogens is 388 g/mol. The number of nitrogens with zero attached hydrogens (tertiary/aromatic N) is 3. The molecule has 2 heterocycles. The normalized spacial score (nSPS) is 15.9. The largest absolute Gasteiger partial charge is 0.369 e. The van der Waals surface area contributed by atoms with Crippen LogP contribution >= 0.6 is 23.4 Å². The zero-order chi connectivity index (χ0) is 19.3. The molecule has 0 spiro atoms. The fourth-order valence-corrected chi connectivity index (χ4v) is 4.05. The minimum atomic E-state index is -2.83. The average Bonchev–Trinajstić information content (AvgIpc) is 2.65. The van der Waals surface area contributed by atoms with Crippen molar-refractivity contribution in [2.24, 2.45) is 0 Å². The maximum Gasteiger partial charge on any atom is 0.272 e. The topological polar surface area (TPSA) is 19.4 Å². The summed E-state index contributed by atoms with van der Waals surface area (Å²) in [7, 11) is 0. The molecule has 0 N–H and O–H groups in total. The third kappa shape index (κ3) is 6.06. The summed E-state index contributed by atoms with van der Waals surface area (Å²) < 4.78 is 26.4. The maximum atomic E-state index is 13.2. The van der Waals surface area contributed by atoms with Crippen molar-refractivity contribution in [3.63, 3.8) is 0 Å². The van der Waals surface area contributed by atoms with E-state index in [1.807, 2.05) is 18.2 Å². The molecule has 3 rings (SSSR count). The number of halogens is 3. The lowest BCUT2D eigenvalue weighted by Gasteiger charge is -2.36. The molecule has 1 aromatic carbocycles. The van der Waals surface area contributed by atoms with Gasteiger partial charge in [0.15, 0.2) is 0 Å². The van der Waals surface area contributed by atoms with Gasteiger partial charge in [-0.05, 0) is 43.3 Å². The van der Waals surface area contributed by atoms with Crippen LogP contribution in [0.25, 0.3) is 0 Å². The van der Waals surface area contributed by atoms with E-state index in [1.165, 1.54) is 18.0 Å². The summed E-state index contributed by atoms with van der Waals surface area (Å²) in [6, 6.07) is 11.1. The first-order valence-electron chi connectivity index (χ1n) is 9.12. The first-order chi connectivity index (χ1) is 12.9. The molecule has 7 heteroatoms. The number of anilines is 1. The van der Waals surface area contributed by atoms with Gasteiger partial charge in [0, 0.05) is 61.3 Å². The first-order valence-corrected chi connectivity index (χ1v) is 10.5. The van der Waals surface area contributed by atoms with E-state index in [0.29, 0.717) is 0 Å². The van der Waals surface area contributed by atoms with Gasteiger partial charge < -0.3 is 4.90 Å². The van der Waals surface area contributed by atoms with Crippen molar-refractivity contribution < 1.29 is 8.78 Å². The van der Waals surface area contributed by atoms with Gasteiger partial charge in [0.1, 0.15) is 0 Å². The Balaban J connectivity index is 1.36. The Morgan fingerprint density at radius 3 is 2.56 bits per heavy atom. The Hall–Kier alpha value is -1.37. The van der Waals surface area contributed by atoms with Gasteiger partial charge in [0.25, 0.3) is 5.92 Å². The molecule has 0 amide bonds. The lowest BCUT2D eigenvalue weighted by Crippen LogP contribution is -2.46. The fourth-order valence-electron chi connectivity index (χ4n) is 3.09. The second kappa shape index (κ2) is 9.22. The van der Waals surface area contributed by atoms with E-state index in [4.69, 9.17) is 11.6 Å². The number of hydrogen-bond donors (Lipinski definition) is 0. The molecule has 0 radical (unpaired) electrons. The fraction of sp³-hybridized carbons (Fsp3) is 0.450. The number of benzene rings is 1. The van der Waals surface area contributed by atoms with Crippen LogP contribution in [-0.2, 0) is 5.92 Å². The Labute approximate surface area is 168 Å². The molecule has 1 fully saturated rings. The zero-order valence-corrected chi connectivity index (χ0v) is 16.9. The van der Waals surface area contributed by atoms with E-state index in [2.05, 4.69) is 20.9 Å². The first kappa shape index (κ1) is 20.4. The highest BCUT2D eigenvalue weighted by Crippen LogP contribution is 2.27. The molecular formula is C20H24ClF2N3S. The van der Waals surface area contributed by atoms with Crippen molar-refractivity contribution in [2.45, 2.75) is 24.3 Å². The second-order valence-electron chi connectivity index (χ2n) is 6.78. The number of thioether (sulfide) groups is 1. The molecule has 27 heavy (non-hydrogen) atoms. The third-order valence-electron chi connectivity index (χ3n) is 4.66. The Morgan fingerprint density at radius 1 is 1.15 bits per heavy atom. The van der Waals surface area contributed by atoms with Crippen LogP contribution in [0.15, 0.2) is 47.6 Å². The number of alkyl halides is 2. The summed E-state index contributed by atoms with van der Waals surface area (Å²) in [4.78, 5) is 8.97. The van der Waals surface area contributed by atoms with Crippen LogP contribution in [0, 0.1) is 0 Å². The lowest BCUT2D eigenvalue weighted by atomic mass is 10.2. The van der Waals surface area contributed by atoms with Crippen LogP contribution in [0.3, 0.4) is 0 Å². The predicted molar refractivity (Wildman–Crippen MR) is 109 cm³/mol. The molecule has 1 aromatic heterocycles. The van der Waals surface area contributed by atoms with Crippen LogP contribution < -0.4 is 4.90 Å². The Morgan fingerprint density at radius 2 is 1.93 bits per heavy atom. The van der Waals surface area contributed by atoms with Crippen molar-refractivity contribution in [3.05, 3.63) is 53.2 Å². The molecule has 0 atom stereocenters. The number of aromatic nitrogens is 1. The quantitative estimate of drug-likeness (QED) is 0.463. The van der Waals surface area contributed by atoms with E-state index in [9.17, 15) is 8.78 Å². The van der Waals surface area contributed by atoms with Gasteiger partial charge in [0.2, 0.25) is 0 Å². The number of pyridine rings is 1. The smallest absolute Gasteiger partial charge is 0.272 e. The zero-order valence-electron chi connectivity index (χ0n) is 15.4. The van der Waals surface area contributed by atoms with Crippen LogP contribution in [0.1, 0.15) is 18.9 Å². The number of piperazine rings is 1. The van der Waals surface area contributed by atoms with Gasteiger partial charge in [0.05, 0.1) is 5.03 Å². The summed E-state index contributed by atoms with van der Waals surface area (Å²) >= 11 is 7.70. The molecule has 0 unspecified atom stereocenters. The molecule has 3 nitrogen and oxygen atoms in total. The van der Waals surface area contributed by atoms with Crippen LogP contribution in [0.2, 0.25) is 5.02 Å². The molecule has 1 aliphatic rings. The van der Waals surface area contributed by atoms with Gasteiger partial charge in [-0.15, -0.1) is 11.8 Å². The number of rotatable bonds is 7. The van der Waals surface area contributed by atoms with Gasteiger partial charge in [-0.2, -0.15) is 0 Å². The SMILES string of the molecule is CC(F)(F)c1ccc(SCCCN2CCN(c3cccc(Cl)c3)CC2)nc1. The predicted octanol–water partition coefficient (Wildman–Crippen LogP) is 5.15. The van der Waals surface area contributed by atoms with E-state index in [0.717, 1.165) is 61.9 Å². The van der Waals surface area contributed by atoms with E-state index in [1.54, 1.807) is 17.8 Å². The van der Waals surface area contributed by atoms with E-state index < -0.39 is 5.92 Å². The van der Waals surface area contributed by atoms with Crippen molar-refractivity contribution in [1.82, 2.24) is 9.88 Å². The average molecular weight is 412 g/mol. The highest BCUT2D eigenvalue weighted by molar-refractivity contribution is 7.99. The molecule has 146 valence electrons. The van der Waals surface area contributed by atoms with Crippen molar-refractivity contribution in [1.29, 1.82) is 0 Å². The summed E-state index contributed by atoms with van der Waals surface area (Å²) in [5.74, 6) is -1.90. The molecule has 0 aliphatic carbocycles. The van der Waals surface area contributed by atoms with Crippen LogP contribution in [0.4, 0.5) is 14.5 Å². The summed E-state index contributed by atoms with van der Waals surface area (Å²) in [6.45, 7) is 6.01. The standard InChI is InChI=1S/C20H24ClF2N3S/c1-20(22,23)16-6-7-19(24-15-16)27-13-3-8-25-9-11-26(12-10-25)18-5-2-4-17(21)14-18/h2,4-7,14-15H,3,8-13H2,1H3. The van der Waals surface area contributed by atoms with Crippen molar-refractivity contribution >= 4 is 29.1 Å². The summed E-state index contributed by atoms with van der Waals surface area (Å²) in [5.41, 5.74) is 1.15. The molecule has 1 saturated heterocycles. The molecule has 1 aliphatic heterocycles. The van der Waals surface area contributed by atoms with Gasteiger partial charge in [-0.3, -0.25) is 4.90 Å². The molecule has 0 saturated carbocycles. The van der Waals surface area contributed by atoms with E-state index >= 15 is 0 Å². The Bertz CT molecular complexity index is 729. The third-order valence-corrected chi connectivity index (χ3v) is 5.92. The minimum Gasteiger partial charge on any atom is -0.369 e. The second-order valence-corrected chi connectivity index (χ2v) is 8.34. The summed E-state index contributed by atoms with van der Waals surface area (Å²) in [5, 5.41) is 1.57. The highest BCUT2D eigenvalue weighted by Gasteiger charge is 2.24. The summed E-state index contributed by atoms with van der Waals surface area (Å²) in [6.07, 6.45) is 2.33. The van der Waals surface area contributed by atoms with Crippen molar-refractivity contribution in [2.75, 3.05) is 43.4 Å². The monoisotopic (exact) mass is 411 g/mol. The van der Waals surface area contributed by atoms with Crippen LogP contribution in [-0.4, -0.2) is 48.4 Å². The highest BCUT2D eigenvalue weighted by atomic mass is 35.5.